The van der Waals surface area contributed by atoms with Gasteiger partial charge in [-0.2, -0.15) is 0 Å². The lowest BCUT2D eigenvalue weighted by Gasteiger charge is -2.26. The highest BCUT2D eigenvalue weighted by Gasteiger charge is 2.30. The number of carbonyl (C=O) groups is 1. The third-order valence-corrected chi connectivity index (χ3v) is 9.35. The summed E-state index contributed by atoms with van der Waals surface area (Å²) in [5, 5.41) is 5.25. The zero-order valence-corrected chi connectivity index (χ0v) is 24.8. The number of Topliss-reactive ketones (excluding diaryl/α,β-unsaturated/α-hetero) is 1. The molecule has 0 fully saturated rings. The lowest BCUT2D eigenvalue weighted by molar-refractivity contribution is 0.0940. The van der Waals surface area contributed by atoms with Gasteiger partial charge in [0.2, 0.25) is 0 Å². The van der Waals surface area contributed by atoms with Crippen LogP contribution in [0.25, 0.3) is 0 Å². The van der Waals surface area contributed by atoms with Gasteiger partial charge >= 0.3 is 7.60 Å². The van der Waals surface area contributed by atoms with Crippen LogP contribution in [0.3, 0.4) is 0 Å². The Hall–Kier alpha value is -0.520. The quantitative estimate of drug-likeness (QED) is 0.0870. The summed E-state index contributed by atoms with van der Waals surface area (Å²) < 4.78 is 26.1. The number of hydrogen-bond acceptors (Lipinski definition) is 6. The molecule has 0 spiro atoms. The molecule has 5 nitrogen and oxygen atoms in total. The van der Waals surface area contributed by atoms with Crippen molar-refractivity contribution in [2.75, 3.05) is 19.5 Å². The molecule has 35 heavy (non-hydrogen) atoms. The molecule has 1 N–H and O–H groups in total. The zero-order valence-electron chi connectivity index (χ0n) is 23.1. The van der Waals surface area contributed by atoms with Crippen LogP contribution in [0.5, 0.6) is 0 Å². The molecular weight excluding hydrogens is 477 g/mol. The van der Waals surface area contributed by atoms with Crippen molar-refractivity contribution in [1.29, 1.82) is 0 Å². The second-order valence-electron chi connectivity index (χ2n) is 9.79. The highest BCUT2D eigenvalue weighted by atomic mass is 32.1. The van der Waals surface area contributed by atoms with E-state index in [1.165, 1.54) is 11.3 Å². The van der Waals surface area contributed by atoms with Crippen molar-refractivity contribution < 1.29 is 18.4 Å². The molecule has 1 aromatic rings. The van der Waals surface area contributed by atoms with E-state index >= 15 is 0 Å². The summed E-state index contributed by atoms with van der Waals surface area (Å²) in [7, 11) is -3.39. The van der Waals surface area contributed by atoms with E-state index in [0.29, 0.717) is 25.0 Å². The van der Waals surface area contributed by atoms with Gasteiger partial charge in [-0.05, 0) is 42.5 Å². The first-order valence-electron chi connectivity index (χ1n) is 14.1. The second-order valence-corrected chi connectivity index (χ2v) is 12.8. The third-order valence-electron chi connectivity index (χ3n) is 6.81. The van der Waals surface area contributed by atoms with Crippen LogP contribution in [0.2, 0.25) is 0 Å². The SMILES string of the molecule is CCCCCC(NCP(=O)(OCC(CC)CCCC)OCC(CC)CCCC)C(=O)c1cccs1. The molecule has 1 aromatic heterocycles. The fourth-order valence-electron chi connectivity index (χ4n) is 4.10. The van der Waals surface area contributed by atoms with Crippen LogP contribution >= 0.6 is 18.9 Å². The van der Waals surface area contributed by atoms with Crippen LogP contribution in [-0.2, 0) is 13.6 Å². The Balaban J connectivity index is 2.91. The third kappa shape index (κ3) is 13.6. The van der Waals surface area contributed by atoms with Crippen LogP contribution in [0.15, 0.2) is 17.5 Å². The van der Waals surface area contributed by atoms with Gasteiger partial charge in [0.1, 0.15) is 0 Å². The molecule has 0 saturated heterocycles. The fraction of sp³-hybridized carbons (Fsp3) is 0.821. The molecule has 0 aliphatic heterocycles. The van der Waals surface area contributed by atoms with Gasteiger partial charge in [0.25, 0.3) is 0 Å². The average Bonchev–Trinajstić information content (AvgIpc) is 3.41. The maximum absolute atomic E-state index is 13.9. The largest absolute Gasteiger partial charge is 0.344 e. The molecule has 0 amide bonds. The Bertz CT molecular complexity index is 673. The monoisotopic (exact) mass is 529 g/mol. The lowest BCUT2D eigenvalue weighted by atomic mass is 10.0. The number of rotatable bonds is 23. The van der Waals surface area contributed by atoms with Gasteiger partial charge in [-0.1, -0.05) is 98.5 Å². The van der Waals surface area contributed by atoms with Crippen molar-refractivity contribution >= 4 is 24.7 Å². The Labute approximate surface area is 219 Å². The minimum atomic E-state index is -3.39. The van der Waals surface area contributed by atoms with Crippen LogP contribution < -0.4 is 5.32 Å². The summed E-state index contributed by atoms with van der Waals surface area (Å²) in [6.45, 7) is 11.8. The number of ketones is 1. The topological polar surface area (TPSA) is 64.6 Å². The van der Waals surface area contributed by atoms with E-state index < -0.39 is 7.60 Å². The summed E-state index contributed by atoms with van der Waals surface area (Å²) in [6, 6.07) is 3.40. The lowest BCUT2D eigenvalue weighted by Crippen LogP contribution is -2.37. The maximum atomic E-state index is 13.9. The van der Waals surface area contributed by atoms with Gasteiger partial charge in [-0.25, -0.2) is 0 Å². The first-order valence-corrected chi connectivity index (χ1v) is 16.7. The molecule has 0 aliphatic rings. The van der Waals surface area contributed by atoms with Crippen LogP contribution in [0, 0.1) is 11.8 Å². The van der Waals surface area contributed by atoms with E-state index in [9.17, 15) is 9.36 Å². The van der Waals surface area contributed by atoms with Gasteiger partial charge < -0.3 is 9.05 Å². The van der Waals surface area contributed by atoms with Crippen molar-refractivity contribution in [3.05, 3.63) is 22.4 Å². The Morgan fingerprint density at radius 2 is 1.46 bits per heavy atom. The summed E-state index contributed by atoms with van der Waals surface area (Å²) in [5.74, 6) is 0.829. The fourth-order valence-corrected chi connectivity index (χ4v) is 6.40. The predicted octanol–water partition coefficient (Wildman–Crippen LogP) is 9.09. The van der Waals surface area contributed by atoms with E-state index in [-0.39, 0.29) is 18.1 Å². The number of thiophene rings is 1. The molecule has 3 unspecified atom stereocenters. The zero-order chi connectivity index (χ0) is 25.9. The first kappa shape index (κ1) is 32.5. The average molecular weight is 530 g/mol. The highest BCUT2D eigenvalue weighted by molar-refractivity contribution is 7.53. The second kappa shape index (κ2) is 19.6. The molecule has 3 atom stereocenters. The van der Waals surface area contributed by atoms with Crippen molar-refractivity contribution in [2.45, 2.75) is 118 Å². The van der Waals surface area contributed by atoms with Gasteiger partial charge in [0.15, 0.2) is 5.78 Å². The Morgan fingerprint density at radius 3 is 1.91 bits per heavy atom. The molecule has 0 aliphatic carbocycles. The maximum Gasteiger partial charge on any atom is 0.344 e. The van der Waals surface area contributed by atoms with Gasteiger partial charge in [-0.15, -0.1) is 11.3 Å². The minimum absolute atomic E-state index is 0.0754. The number of hydrogen-bond donors (Lipinski definition) is 1. The normalized spacial score (nSPS) is 16.0. The van der Waals surface area contributed by atoms with Crippen molar-refractivity contribution in [3.8, 4) is 0 Å². The van der Waals surface area contributed by atoms with E-state index in [0.717, 1.165) is 81.9 Å². The van der Waals surface area contributed by atoms with Gasteiger partial charge in [-0.3, -0.25) is 14.7 Å². The van der Waals surface area contributed by atoms with Crippen molar-refractivity contribution in [2.24, 2.45) is 11.8 Å². The van der Waals surface area contributed by atoms with E-state index in [2.05, 4.69) is 39.9 Å². The molecule has 1 rings (SSSR count). The number of nitrogens with one attached hydrogen (secondary N) is 1. The number of unbranched alkanes of at least 4 members (excludes halogenated alkanes) is 4. The summed E-state index contributed by atoms with van der Waals surface area (Å²) in [5.41, 5.74) is 0. The molecular formula is C28H52NO4PS. The number of carbonyl (C=O) groups excluding carboxylic acids is 1. The molecule has 0 saturated carbocycles. The summed E-state index contributed by atoms with van der Waals surface area (Å²) >= 11 is 1.46. The van der Waals surface area contributed by atoms with Gasteiger partial charge in [0.05, 0.1) is 30.4 Å². The smallest absolute Gasteiger partial charge is 0.307 e. The standard InChI is InChI=1S/C28H52NO4PS/c1-6-11-14-18-26(28(30)27-19-15-20-35-27)29-23-34(31,32-21-24(9-4)16-12-7-2)33-22-25(10-5)17-13-8-3/h15,19-20,24-26,29H,6-14,16-18,21-23H2,1-5H3. The molecule has 0 bridgehead atoms. The van der Waals surface area contributed by atoms with Crippen molar-refractivity contribution in [1.82, 2.24) is 5.32 Å². The van der Waals surface area contributed by atoms with Crippen molar-refractivity contribution in [3.63, 3.8) is 0 Å². The van der Waals surface area contributed by atoms with Crippen LogP contribution in [0.4, 0.5) is 0 Å². The predicted molar refractivity (Wildman–Crippen MR) is 151 cm³/mol. The summed E-state index contributed by atoms with van der Waals surface area (Å²) in [4.78, 5) is 13.9. The molecule has 1 heterocycles. The van der Waals surface area contributed by atoms with E-state index in [1.807, 2.05) is 17.5 Å². The Morgan fingerprint density at radius 1 is 0.886 bits per heavy atom. The Kier molecular flexibility index (Phi) is 18.2. The molecule has 0 aromatic carbocycles. The van der Waals surface area contributed by atoms with Gasteiger partial charge in [0, 0.05) is 0 Å². The van der Waals surface area contributed by atoms with E-state index in [1.54, 1.807) is 0 Å². The molecule has 0 radical (unpaired) electrons. The van der Waals surface area contributed by atoms with E-state index in [4.69, 9.17) is 9.05 Å². The molecule has 204 valence electrons. The highest BCUT2D eigenvalue weighted by Crippen LogP contribution is 2.48. The van der Waals surface area contributed by atoms with Crippen LogP contribution in [0.1, 0.15) is 121 Å². The minimum Gasteiger partial charge on any atom is -0.307 e. The molecule has 7 heteroatoms. The first-order chi connectivity index (χ1) is 16.9. The van der Waals surface area contributed by atoms with Crippen LogP contribution in [-0.4, -0.2) is 31.3 Å². The summed E-state index contributed by atoms with van der Waals surface area (Å²) in [6.07, 6.45) is 12.7.